The number of thiazole rings is 2. The van der Waals surface area contributed by atoms with E-state index in [4.69, 9.17) is 55.9 Å². The van der Waals surface area contributed by atoms with E-state index < -0.39 is 5.97 Å². The van der Waals surface area contributed by atoms with Gasteiger partial charge in [-0.1, -0.05) is 94.9 Å². The normalized spacial score (nSPS) is 10.7. The molecule has 4 aromatic carbocycles. The summed E-state index contributed by atoms with van der Waals surface area (Å²) in [6, 6.07) is 29.7. The maximum absolute atomic E-state index is 12.5. The number of aromatic nitrogens is 2. The molecular weight excluding hydrogens is 768 g/mol. The predicted octanol–water partition coefficient (Wildman–Crippen LogP) is 11.5. The van der Waals surface area contributed by atoms with E-state index in [1.54, 1.807) is 19.1 Å². The minimum atomic E-state index is -0.419. The molecule has 1 amide bonds. The number of nitrogens with one attached hydrogen (secondary N) is 1. The fraction of sp³-hybridized carbons (Fsp3) is 0.158. The number of hydrogen-bond acceptors (Lipinski definition) is 8. The molecular formula is C38H31Cl4N3O4S2. The molecule has 0 unspecified atom stereocenters. The smallest absolute Gasteiger partial charge is 0.367 e. The molecule has 6 rings (SSSR count). The van der Waals surface area contributed by atoms with E-state index in [1.165, 1.54) is 22.7 Å². The Morgan fingerprint density at radius 3 is 1.39 bits per heavy atom. The molecule has 0 atom stereocenters. The van der Waals surface area contributed by atoms with E-state index in [-0.39, 0.29) is 5.91 Å². The monoisotopic (exact) mass is 797 g/mol. The second-order valence-corrected chi connectivity index (χ2v) is 14.3. The van der Waals surface area contributed by atoms with Crippen LogP contribution in [-0.4, -0.2) is 48.2 Å². The van der Waals surface area contributed by atoms with E-state index in [9.17, 15) is 9.59 Å². The van der Waals surface area contributed by atoms with Gasteiger partial charge >= 0.3 is 5.97 Å². The molecule has 0 saturated carbocycles. The van der Waals surface area contributed by atoms with Gasteiger partial charge in [0.2, 0.25) is 5.01 Å². The average Bonchev–Trinajstić information content (AvgIpc) is 3.78. The Kier molecular flexibility index (Phi) is 14.0. The molecule has 262 valence electrons. The first kappa shape index (κ1) is 38.4. The van der Waals surface area contributed by atoms with Crippen LogP contribution >= 0.6 is 69.1 Å². The minimum Gasteiger partial charge on any atom is -0.461 e. The second-order valence-electron chi connectivity index (χ2n) is 10.6. The van der Waals surface area contributed by atoms with Gasteiger partial charge in [-0.05, 0) is 73.5 Å². The molecule has 1 N–H and O–H groups in total. The van der Waals surface area contributed by atoms with Gasteiger partial charge in [-0.2, -0.15) is 0 Å². The van der Waals surface area contributed by atoms with Crippen LogP contribution in [0.3, 0.4) is 0 Å². The van der Waals surface area contributed by atoms with Crippen LogP contribution in [0.25, 0.3) is 43.4 Å². The van der Waals surface area contributed by atoms with Gasteiger partial charge in [0.1, 0.15) is 0 Å². The van der Waals surface area contributed by atoms with Gasteiger partial charge in [0.25, 0.3) is 5.91 Å². The lowest BCUT2D eigenvalue weighted by atomic mass is 10.1. The van der Waals surface area contributed by atoms with Crippen molar-refractivity contribution in [1.29, 1.82) is 0 Å². The standard InChI is InChI=1S/C20H18Cl2N2O2S.C18H13Cl2NO2S/c1-2-26-12-11-23-19(25)20-24-17(13-3-7-15(21)8-4-13)18(27-20)14-5-9-16(22)10-6-14;1-2-23-18(22)17-21-15(11-3-7-13(19)8-4-11)16(24-17)12-5-9-14(20)10-6-12/h3-10H,2,11-12H2,1H3,(H,23,25);3-10H,2H2,1H3. The van der Waals surface area contributed by atoms with Gasteiger partial charge in [-0.15, -0.1) is 22.7 Å². The van der Waals surface area contributed by atoms with Crippen molar-refractivity contribution in [3.8, 4) is 43.4 Å². The Balaban J connectivity index is 0.000000199. The van der Waals surface area contributed by atoms with Crippen LogP contribution in [-0.2, 0) is 9.47 Å². The highest BCUT2D eigenvalue weighted by Gasteiger charge is 2.21. The summed E-state index contributed by atoms with van der Waals surface area (Å²) in [6.45, 7) is 5.53. The van der Waals surface area contributed by atoms with Gasteiger partial charge in [0.05, 0.1) is 34.4 Å². The van der Waals surface area contributed by atoms with Crippen molar-refractivity contribution in [2.75, 3.05) is 26.4 Å². The van der Waals surface area contributed by atoms with Crippen LogP contribution in [0.15, 0.2) is 97.1 Å². The SMILES string of the molecule is CCOC(=O)c1nc(-c2ccc(Cl)cc2)c(-c2ccc(Cl)cc2)s1.CCOCCNC(=O)c1nc(-c2ccc(Cl)cc2)c(-c2ccc(Cl)cc2)s1. The number of esters is 1. The number of ether oxygens (including phenoxy) is 2. The van der Waals surface area contributed by atoms with E-state index in [1.807, 2.05) is 91.9 Å². The number of carbonyl (C=O) groups excluding carboxylic acids is 2. The molecule has 0 aliphatic rings. The van der Waals surface area contributed by atoms with Gasteiger partial charge in [-0.25, -0.2) is 14.8 Å². The number of hydrogen-bond donors (Lipinski definition) is 1. The molecule has 2 aromatic heterocycles. The summed E-state index contributed by atoms with van der Waals surface area (Å²) in [4.78, 5) is 35.4. The van der Waals surface area contributed by atoms with Crippen LogP contribution in [0.4, 0.5) is 0 Å². The van der Waals surface area contributed by atoms with Gasteiger partial charge in [-0.3, -0.25) is 4.79 Å². The highest BCUT2D eigenvalue weighted by atomic mass is 35.5. The van der Waals surface area contributed by atoms with Crippen LogP contribution in [0, 0.1) is 0 Å². The lowest BCUT2D eigenvalue weighted by Gasteiger charge is -2.03. The molecule has 0 aliphatic carbocycles. The first-order chi connectivity index (χ1) is 24.7. The minimum absolute atomic E-state index is 0.213. The van der Waals surface area contributed by atoms with Gasteiger partial charge in [0, 0.05) is 44.4 Å². The van der Waals surface area contributed by atoms with E-state index >= 15 is 0 Å². The Labute approximate surface area is 324 Å². The predicted molar refractivity (Wildman–Crippen MR) is 211 cm³/mol. The first-order valence-corrected chi connectivity index (χ1v) is 18.9. The van der Waals surface area contributed by atoms with Crippen LogP contribution < -0.4 is 5.32 Å². The molecule has 2 heterocycles. The Bertz CT molecular complexity index is 1940. The molecule has 0 radical (unpaired) electrons. The zero-order valence-electron chi connectivity index (χ0n) is 27.4. The van der Waals surface area contributed by atoms with Crippen LogP contribution in [0.1, 0.15) is 33.5 Å². The number of rotatable bonds is 11. The summed E-state index contributed by atoms with van der Waals surface area (Å²) in [5.74, 6) is -0.631. The number of carbonyl (C=O) groups is 2. The van der Waals surface area contributed by atoms with Crippen LogP contribution in [0.2, 0.25) is 20.1 Å². The van der Waals surface area contributed by atoms with Crippen molar-refractivity contribution in [1.82, 2.24) is 15.3 Å². The summed E-state index contributed by atoms with van der Waals surface area (Å²) in [7, 11) is 0. The lowest BCUT2D eigenvalue weighted by molar-refractivity contribution is 0.0526. The van der Waals surface area contributed by atoms with Gasteiger partial charge < -0.3 is 14.8 Å². The maximum atomic E-state index is 12.5. The third-order valence-corrected chi connectivity index (χ3v) is 10.3. The second kappa shape index (κ2) is 18.6. The molecule has 0 spiro atoms. The number of benzene rings is 4. The third kappa shape index (κ3) is 10.4. The fourth-order valence-electron chi connectivity index (χ4n) is 4.67. The Morgan fingerprint density at radius 2 is 0.980 bits per heavy atom. The maximum Gasteiger partial charge on any atom is 0.367 e. The summed E-state index contributed by atoms with van der Waals surface area (Å²) < 4.78 is 10.3. The molecule has 13 heteroatoms. The summed E-state index contributed by atoms with van der Waals surface area (Å²) >= 11 is 26.6. The van der Waals surface area contributed by atoms with Crippen molar-refractivity contribution in [2.24, 2.45) is 0 Å². The van der Waals surface area contributed by atoms with Crippen molar-refractivity contribution < 1.29 is 19.1 Å². The third-order valence-electron chi connectivity index (χ3n) is 7.08. The molecule has 0 saturated heterocycles. The van der Waals surface area contributed by atoms with E-state index in [0.29, 0.717) is 56.5 Å². The van der Waals surface area contributed by atoms with Gasteiger partial charge in [0.15, 0.2) is 5.01 Å². The van der Waals surface area contributed by atoms with Crippen LogP contribution in [0.5, 0.6) is 0 Å². The molecule has 7 nitrogen and oxygen atoms in total. The molecule has 0 aliphatic heterocycles. The Hall–Kier alpha value is -3.80. The molecule has 0 bridgehead atoms. The van der Waals surface area contributed by atoms with Crippen molar-refractivity contribution >= 4 is 81.0 Å². The van der Waals surface area contributed by atoms with Crippen molar-refractivity contribution in [3.05, 3.63) is 127 Å². The quantitative estimate of drug-likeness (QED) is 0.104. The van der Waals surface area contributed by atoms with E-state index in [0.717, 1.165) is 43.4 Å². The Morgan fingerprint density at radius 1 is 0.588 bits per heavy atom. The highest BCUT2D eigenvalue weighted by molar-refractivity contribution is 7.17. The molecule has 51 heavy (non-hydrogen) atoms. The topological polar surface area (TPSA) is 90.4 Å². The molecule has 0 fully saturated rings. The highest BCUT2D eigenvalue weighted by Crippen LogP contribution is 2.39. The first-order valence-electron chi connectivity index (χ1n) is 15.7. The zero-order valence-corrected chi connectivity index (χ0v) is 32.1. The largest absolute Gasteiger partial charge is 0.461 e. The number of nitrogens with zero attached hydrogens (tertiary/aromatic N) is 2. The number of amides is 1. The zero-order chi connectivity index (χ0) is 36.3. The lowest BCUT2D eigenvalue weighted by Crippen LogP contribution is -2.27. The van der Waals surface area contributed by atoms with Crippen molar-refractivity contribution in [2.45, 2.75) is 13.8 Å². The summed E-state index contributed by atoms with van der Waals surface area (Å²) in [5.41, 5.74) is 5.15. The molecule has 6 aromatic rings. The number of halogens is 4. The average molecular weight is 800 g/mol. The van der Waals surface area contributed by atoms with Crippen molar-refractivity contribution in [3.63, 3.8) is 0 Å². The summed E-state index contributed by atoms with van der Waals surface area (Å²) in [5, 5.41) is 6.17. The summed E-state index contributed by atoms with van der Waals surface area (Å²) in [6.07, 6.45) is 0. The van der Waals surface area contributed by atoms with E-state index in [2.05, 4.69) is 15.3 Å². The fourth-order valence-corrected chi connectivity index (χ4v) is 7.17.